The first-order chi connectivity index (χ1) is 8.78. The van der Waals surface area contributed by atoms with E-state index >= 15 is 0 Å². The molecule has 0 saturated carbocycles. The fourth-order valence-electron chi connectivity index (χ4n) is 2.51. The van der Waals surface area contributed by atoms with Gasteiger partial charge in [0.2, 0.25) is 0 Å². The second-order valence-electron chi connectivity index (χ2n) is 4.84. The molecule has 0 fully saturated rings. The molecule has 0 aromatic heterocycles. The van der Waals surface area contributed by atoms with Gasteiger partial charge in [-0.05, 0) is 18.1 Å². The van der Waals surface area contributed by atoms with E-state index < -0.39 is 0 Å². The smallest absolute Gasteiger partial charge is 0.130 e. The van der Waals surface area contributed by atoms with Crippen LogP contribution in [0.2, 0.25) is 0 Å². The molecule has 0 aliphatic carbocycles. The molecule has 2 nitrogen and oxygen atoms in total. The quantitative estimate of drug-likeness (QED) is 0.874. The van der Waals surface area contributed by atoms with E-state index in [1.807, 2.05) is 0 Å². The van der Waals surface area contributed by atoms with Gasteiger partial charge in [0.1, 0.15) is 11.9 Å². The maximum absolute atomic E-state index is 5.96. The van der Waals surface area contributed by atoms with E-state index in [4.69, 9.17) is 10.5 Å². The molecule has 0 saturated heterocycles. The first-order valence-electron chi connectivity index (χ1n) is 6.33. The Morgan fingerprint density at radius 1 is 1.22 bits per heavy atom. The summed E-state index contributed by atoms with van der Waals surface area (Å²) in [5.74, 6) is 1.01. The van der Waals surface area contributed by atoms with Gasteiger partial charge in [-0.1, -0.05) is 48.0 Å². The third-order valence-corrected chi connectivity index (χ3v) is 3.42. The second-order valence-corrected chi connectivity index (χ2v) is 4.84. The van der Waals surface area contributed by atoms with Gasteiger partial charge in [-0.15, -0.1) is 0 Å². The molecule has 2 aromatic carbocycles. The van der Waals surface area contributed by atoms with Gasteiger partial charge in [0.05, 0.1) is 0 Å². The highest BCUT2D eigenvalue weighted by molar-refractivity contribution is 5.73. The van der Waals surface area contributed by atoms with Gasteiger partial charge in [0, 0.05) is 18.5 Å². The molecule has 3 rings (SSSR count). The van der Waals surface area contributed by atoms with Crippen LogP contribution < -0.4 is 10.5 Å². The number of nitrogens with two attached hydrogens (primary N) is 1. The van der Waals surface area contributed by atoms with Crippen LogP contribution in [0.3, 0.4) is 0 Å². The predicted molar refractivity (Wildman–Crippen MR) is 73.8 cm³/mol. The van der Waals surface area contributed by atoms with E-state index in [9.17, 15) is 0 Å². The molecular formula is C16H17NO. The van der Waals surface area contributed by atoms with Crippen molar-refractivity contribution in [1.82, 2.24) is 0 Å². The molecule has 2 heteroatoms. The third kappa shape index (κ3) is 1.89. The van der Waals surface area contributed by atoms with Gasteiger partial charge in [-0.25, -0.2) is 0 Å². The molecule has 1 aliphatic rings. The Kier molecular flexibility index (Phi) is 2.80. The van der Waals surface area contributed by atoms with Crippen LogP contribution in [-0.4, -0.2) is 12.6 Å². The topological polar surface area (TPSA) is 35.2 Å². The van der Waals surface area contributed by atoms with Crippen molar-refractivity contribution in [3.8, 4) is 16.9 Å². The van der Waals surface area contributed by atoms with Crippen LogP contribution in [0.25, 0.3) is 11.1 Å². The number of para-hydroxylation sites is 1. The van der Waals surface area contributed by atoms with Crippen molar-refractivity contribution in [3.63, 3.8) is 0 Å². The Bertz CT molecular complexity index is 577. The van der Waals surface area contributed by atoms with Crippen molar-refractivity contribution in [1.29, 1.82) is 0 Å². The van der Waals surface area contributed by atoms with Crippen LogP contribution in [0.5, 0.6) is 5.75 Å². The predicted octanol–water partition coefficient (Wildman–Crippen LogP) is 2.92. The van der Waals surface area contributed by atoms with Crippen molar-refractivity contribution in [2.24, 2.45) is 5.73 Å². The molecule has 0 bridgehead atoms. The summed E-state index contributed by atoms with van der Waals surface area (Å²) in [6, 6.07) is 14.8. The molecule has 0 unspecified atom stereocenters. The number of hydrogen-bond acceptors (Lipinski definition) is 2. The number of fused-ring (bicyclic) bond motifs is 1. The SMILES string of the molecule is Cc1cccc(-c2cccc3c2O[C@H](CN)C3)c1. The van der Waals surface area contributed by atoms with Gasteiger partial charge in [0.25, 0.3) is 0 Å². The zero-order valence-electron chi connectivity index (χ0n) is 10.5. The molecule has 1 heterocycles. The number of rotatable bonds is 2. The van der Waals surface area contributed by atoms with Gasteiger partial charge in [0.15, 0.2) is 0 Å². The minimum absolute atomic E-state index is 0.131. The summed E-state index contributed by atoms with van der Waals surface area (Å²) in [6.45, 7) is 2.68. The van der Waals surface area contributed by atoms with Crippen LogP contribution in [0.15, 0.2) is 42.5 Å². The van der Waals surface area contributed by atoms with E-state index in [-0.39, 0.29) is 6.10 Å². The summed E-state index contributed by atoms with van der Waals surface area (Å²) in [7, 11) is 0. The van der Waals surface area contributed by atoms with Crippen molar-refractivity contribution in [2.75, 3.05) is 6.54 Å². The van der Waals surface area contributed by atoms with Crippen molar-refractivity contribution >= 4 is 0 Å². The number of ether oxygens (including phenoxy) is 1. The molecule has 1 aliphatic heterocycles. The summed E-state index contributed by atoms with van der Waals surface area (Å²) >= 11 is 0. The van der Waals surface area contributed by atoms with Crippen LogP contribution >= 0.6 is 0 Å². The molecule has 2 N–H and O–H groups in total. The standard InChI is InChI=1S/C16H17NO/c1-11-4-2-5-12(8-11)15-7-3-6-13-9-14(10-17)18-16(13)15/h2-8,14H,9-10,17H2,1H3/t14-/m0/s1. The van der Waals surface area contributed by atoms with E-state index in [0.29, 0.717) is 6.54 Å². The molecule has 0 radical (unpaired) electrons. The summed E-state index contributed by atoms with van der Waals surface area (Å²) in [6.07, 6.45) is 1.05. The number of hydrogen-bond donors (Lipinski definition) is 1. The average Bonchev–Trinajstić information content (AvgIpc) is 2.81. The zero-order valence-corrected chi connectivity index (χ0v) is 10.5. The highest BCUT2D eigenvalue weighted by Gasteiger charge is 2.24. The van der Waals surface area contributed by atoms with Crippen LogP contribution in [-0.2, 0) is 6.42 Å². The maximum Gasteiger partial charge on any atom is 0.130 e. The lowest BCUT2D eigenvalue weighted by atomic mass is 9.99. The van der Waals surface area contributed by atoms with E-state index in [0.717, 1.165) is 12.2 Å². The minimum Gasteiger partial charge on any atom is -0.488 e. The summed E-state index contributed by atoms with van der Waals surface area (Å²) in [5, 5.41) is 0. The molecule has 92 valence electrons. The highest BCUT2D eigenvalue weighted by Crippen LogP contribution is 2.38. The van der Waals surface area contributed by atoms with Gasteiger partial charge in [-0.2, -0.15) is 0 Å². The first kappa shape index (κ1) is 11.3. The van der Waals surface area contributed by atoms with Crippen LogP contribution in [0.4, 0.5) is 0 Å². The van der Waals surface area contributed by atoms with Crippen molar-refractivity contribution in [3.05, 3.63) is 53.6 Å². The Balaban J connectivity index is 2.08. The average molecular weight is 239 g/mol. The fraction of sp³-hybridized carbons (Fsp3) is 0.250. The summed E-state index contributed by atoms with van der Waals surface area (Å²) < 4.78 is 5.96. The normalized spacial score (nSPS) is 17.3. The molecule has 0 amide bonds. The van der Waals surface area contributed by atoms with Gasteiger partial charge >= 0.3 is 0 Å². The Hall–Kier alpha value is -1.80. The molecular weight excluding hydrogens is 222 g/mol. The zero-order chi connectivity index (χ0) is 12.5. The largest absolute Gasteiger partial charge is 0.488 e. The van der Waals surface area contributed by atoms with Crippen LogP contribution in [0, 0.1) is 6.92 Å². The van der Waals surface area contributed by atoms with Crippen molar-refractivity contribution in [2.45, 2.75) is 19.4 Å². The van der Waals surface area contributed by atoms with Gasteiger partial charge in [-0.3, -0.25) is 0 Å². The summed E-state index contributed by atoms with van der Waals surface area (Å²) in [4.78, 5) is 0. The molecule has 0 spiro atoms. The Morgan fingerprint density at radius 2 is 2.06 bits per heavy atom. The van der Waals surface area contributed by atoms with Crippen molar-refractivity contribution < 1.29 is 4.74 Å². The lowest BCUT2D eigenvalue weighted by molar-refractivity contribution is 0.242. The first-order valence-corrected chi connectivity index (χ1v) is 6.33. The fourth-order valence-corrected chi connectivity index (χ4v) is 2.51. The third-order valence-electron chi connectivity index (χ3n) is 3.42. The Labute approximate surface area is 107 Å². The lowest BCUT2D eigenvalue weighted by Crippen LogP contribution is -2.24. The lowest BCUT2D eigenvalue weighted by Gasteiger charge is -2.11. The van der Waals surface area contributed by atoms with E-state index in [2.05, 4.69) is 49.4 Å². The summed E-state index contributed by atoms with van der Waals surface area (Å²) in [5.41, 5.74) is 10.6. The highest BCUT2D eigenvalue weighted by atomic mass is 16.5. The van der Waals surface area contributed by atoms with E-state index in [1.165, 1.54) is 22.3 Å². The molecule has 18 heavy (non-hydrogen) atoms. The monoisotopic (exact) mass is 239 g/mol. The molecule has 1 atom stereocenters. The van der Waals surface area contributed by atoms with Gasteiger partial charge < -0.3 is 10.5 Å². The Morgan fingerprint density at radius 3 is 2.83 bits per heavy atom. The van der Waals surface area contributed by atoms with Crippen LogP contribution in [0.1, 0.15) is 11.1 Å². The number of benzene rings is 2. The second kappa shape index (κ2) is 4.46. The van der Waals surface area contributed by atoms with E-state index in [1.54, 1.807) is 0 Å². The number of aryl methyl sites for hydroxylation is 1. The minimum atomic E-state index is 0.131. The maximum atomic E-state index is 5.96. The molecule has 2 aromatic rings.